The minimum atomic E-state index is -0.0101. The van der Waals surface area contributed by atoms with E-state index in [1.807, 2.05) is 32.0 Å². The Labute approximate surface area is 129 Å². The number of hydrogen-bond donors (Lipinski definition) is 1. The van der Waals surface area contributed by atoms with Crippen LogP contribution in [0.2, 0.25) is 0 Å². The Morgan fingerprint density at radius 2 is 1.81 bits per heavy atom. The molecule has 0 fully saturated rings. The van der Waals surface area contributed by atoms with E-state index in [9.17, 15) is 4.79 Å². The van der Waals surface area contributed by atoms with Gasteiger partial charge in [-0.2, -0.15) is 0 Å². The fourth-order valence-corrected chi connectivity index (χ4v) is 2.85. The number of rotatable bonds is 5. The number of carbonyl (C=O) groups excluding carboxylic acids is 1. The van der Waals surface area contributed by atoms with Crippen LogP contribution in [0.3, 0.4) is 0 Å². The van der Waals surface area contributed by atoms with Crippen LogP contribution in [0.15, 0.2) is 35.4 Å². The van der Waals surface area contributed by atoms with Crippen LogP contribution < -0.4 is 5.32 Å². The molecular weight excluding hydrogens is 282 g/mol. The lowest BCUT2D eigenvalue weighted by atomic mass is 10.1. The first-order valence-corrected chi connectivity index (χ1v) is 7.79. The zero-order valence-corrected chi connectivity index (χ0v) is 13.3. The first kappa shape index (κ1) is 15.5. The highest BCUT2D eigenvalue weighted by Gasteiger charge is 2.01. The van der Waals surface area contributed by atoms with Gasteiger partial charge in [0.15, 0.2) is 0 Å². The van der Waals surface area contributed by atoms with E-state index in [4.69, 9.17) is 0 Å². The Bertz CT molecular complexity index is 606. The molecule has 21 heavy (non-hydrogen) atoms. The summed E-state index contributed by atoms with van der Waals surface area (Å²) in [4.78, 5) is 19.6. The van der Waals surface area contributed by atoms with E-state index >= 15 is 0 Å². The standard InChI is InChI=1S/C16H19N3OS/c1-11-8-16(19-12(2)18-11)21-10-15-6-4-14(5-7-15)9-17-13(3)20/h4-8H,9-10H2,1-3H3,(H,17,20). The molecule has 0 saturated carbocycles. The average Bonchev–Trinajstić information content (AvgIpc) is 2.43. The van der Waals surface area contributed by atoms with E-state index in [1.165, 1.54) is 12.5 Å². The SMILES string of the molecule is CC(=O)NCc1ccc(CSc2cc(C)nc(C)n2)cc1. The normalized spacial score (nSPS) is 10.4. The lowest BCUT2D eigenvalue weighted by Gasteiger charge is -2.06. The molecule has 0 aliphatic heterocycles. The van der Waals surface area contributed by atoms with Crippen molar-refractivity contribution in [1.82, 2.24) is 15.3 Å². The second-order valence-corrected chi connectivity index (χ2v) is 5.91. The van der Waals surface area contributed by atoms with Crippen LogP contribution in [0.25, 0.3) is 0 Å². The van der Waals surface area contributed by atoms with Crippen molar-refractivity contribution in [2.75, 3.05) is 0 Å². The molecule has 1 aromatic heterocycles. The van der Waals surface area contributed by atoms with Crippen LogP contribution in [0.5, 0.6) is 0 Å². The first-order valence-electron chi connectivity index (χ1n) is 6.80. The molecule has 1 amide bonds. The summed E-state index contributed by atoms with van der Waals surface area (Å²) in [5, 5.41) is 3.79. The quantitative estimate of drug-likeness (QED) is 0.681. The van der Waals surface area contributed by atoms with Crippen molar-refractivity contribution in [2.45, 2.75) is 38.1 Å². The molecule has 0 radical (unpaired) electrons. The number of benzene rings is 1. The third-order valence-electron chi connectivity index (χ3n) is 2.89. The summed E-state index contributed by atoms with van der Waals surface area (Å²) in [6, 6.07) is 10.3. The van der Waals surface area contributed by atoms with E-state index in [0.29, 0.717) is 6.54 Å². The molecule has 0 saturated heterocycles. The fourth-order valence-electron chi connectivity index (χ4n) is 1.89. The number of nitrogens with one attached hydrogen (secondary N) is 1. The van der Waals surface area contributed by atoms with Crippen LogP contribution in [0, 0.1) is 13.8 Å². The molecule has 4 nitrogen and oxygen atoms in total. The molecule has 1 N–H and O–H groups in total. The van der Waals surface area contributed by atoms with Crippen molar-refractivity contribution in [1.29, 1.82) is 0 Å². The number of nitrogens with zero attached hydrogens (tertiary/aromatic N) is 2. The third kappa shape index (κ3) is 5.19. The summed E-state index contributed by atoms with van der Waals surface area (Å²) in [7, 11) is 0. The Kier molecular flexibility index (Phi) is 5.33. The van der Waals surface area contributed by atoms with E-state index < -0.39 is 0 Å². The number of aromatic nitrogens is 2. The zero-order chi connectivity index (χ0) is 15.2. The maximum Gasteiger partial charge on any atom is 0.217 e. The zero-order valence-electron chi connectivity index (χ0n) is 12.5. The molecule has 1 aromatic carbocycles. The average molecular weight is 301 g/mol. The van der Waals surface area contributed by atoms with Crippen molar-refractivity contribution in [3.8, 4) is 0 Å². The molecule has 2 rings (SSSR count). The van der Waals surface area contributed by atoms with Crippen LogP contribution >= 0.6 is 11.8 Å². The summed E-state index contributed by atoms with van der Waals surface area (Å²) >= 11 is 1.71. The lowest BCUT2D eigenvalue weighted by molar-refractivity contribution is -0.119. The predicted molar refractivity (Wildman–Crippen MR) is 85.0 cm³/mol. The highest BCUT2D eigenvalue weighted by atomic mass is 32.2. The van der Waals surface area contributed by atoms with Crippen LogP contribution in [0.1, 0.15) is 29.6 Å². The summed E-state index contributed by atoms with van der Waals surface area (Å²) in [5.41, 5.74) is 3.34. The largest absolute Gasteiger partial charge is 0.352 e. The molecule has 5 heteroatoms. The maximum atomic E-state index is 10.9. The summed E-state index contributed by atoms with van der Waals surface area (Å²) in [5.74, 6) is 1.67. The maximum absolute atomic E-state index is 10.9. The summed E-state index contributed by atoms with van der Waals surface area (Å²) in [6.45, 7) is 5.99. The number of carbonyl (C=O) groups is 1. The minimum Gasteiger partial charge on any atom is -0.352 e. The number of amides is 1. The Morgan fingerprint density at radius 1 is 1.14 bits per heavy atom. The number of hydrogen-bond acceptors (Lipinski definition) is 4. The first-order chi connectivity index (χ1) is 10.0. The molecule has 0 unspecified atom stereocenters. The monoisotopic (exact) mass is 301 g/mol. The highest BCUT2D eigenvalue weighted by Crippen LogP contribution is 2.21. The van der Waals surface area contributed by atoms with Gasteiger partial charge >= 0.3 is 0 Å². The molecule has 0 spiro atoms. The highest BCUT2D eigenvalue weighted by molar-refractivity contribution is 7.98. The minimum absolute atomic E-state index is 0.0101. The van der Waals surface area contributed by atoms with Crippen molar-refractivity contribution in [2.24, 2.45) is 0 Å². The van der Waals surface area contributed by atoms with Gasteiger partial charge in [0.05, 0.1) is 0 Å². The molecule has 0 atom stereocenters. The van der Waals surface area contributed by atoms with E-state index in [2.05, 4.69) is 27.4 Å². The van der Waals surface area contributed by atoms with Gasteiger partial charge in [-0.3, -0.25) is 4.79 Å². The van der Waals surface area contributed by atoms with Gasteiger partial charge in [0, 0.05) is 24.9 Å². The smallest absolute Gasteiger partial charge is 0.217 e. The van der Waals surface area contributed by atoms with E-state index in [0.717, 1.165) is 27.9 Å². The van der Waals surface area contributed by atoms with Crippen LogP contribution in [0.4, 0.5) is 0 Å². The second-order valence-electron chi connectivity index (χ2n) is 4.91. The number of thioether (sulfide) groups is 1. The Balaban J connectivity index is 1.92. The van der Waals surface area contributed by atoms with Crippen molar-refractivity contribution in [3.05, 3.63) is 53.0 Å². The topological polar surface area (TPSA) is 54.9 Å². The fraction of sp³-hybridized carbons (Fsp3) is 0.312. The van der Waals surface area contributed by atoms with Crippen LogP contribution in [-0.4, -0.2) is 15.9 Å². The molecule has 2 aromatic rings. The Morgan fingerprint density at radius 3 is 2.43 bits per heavy atom. The molecule has 110 valence electrons. The van der Waals surface area contributed by atoms with E-state index in [1.54, 1.807) is 11.8 Å². The summed E-state index contributed by atoms with van der Waals surface area (Å²) < 4.78 is 0. The lowest BCUT2D eigenvalue weighted by Crippen LogP contribution is -2.18. The molecule has 0 aliphatic rings. The van der Waals surface area contributed by atoms with Crippen molar-refractivity contribution < 1.29 is 4.79 Å². The third-order valence-corrected chi connectivity index (χ3v) is 3.88. The van der Waals surface area contributed by atoms with Gasteiger partial charge in [0.2, 0.25) is 5.91 Å². The van der Waals surface area contributed by atoms with Gasteiger partial charge in [-0.05, 0) is 31.0 Å². The van der Waals surface area contributed by atoms with Gasteiger partial charge in [-0.1, -0.05) is 24.3 Å². The van der Waals surface area contributed by atoms with Crippen molar-refractivity contribution in [3.63, 3.8) is 0 Å². The van der Waals surface area contributed by atoms with Gasteiger partial charge in [-0.15, -0.1) is 11.8 Å². The molecule has 0 aliphatic carbocycles. The van der Waals surface area contributed by atoms with Gasteiger partial charge in [0.25, 0.3) is 0 Å². The predicted octanol–water partition coefficient (Wildman–Crippen LogP) is 3.02. The molecule has 0 bridgehead atoms. The second kappa shape index (κ2) is 7.22. The van der Waals surface area contributed by atoms with Gasteiger partial charge in [0.1, 0.15) is 10.9 Å². The Hall–Kier alpha value is -1.88. The van der Waals surface area contributed by atoms with Crippen LogP contribution in [-0.2, 0) is 17.1 Å². The number of aryl methyl sites for hydroxylation is 2. The summed E-state index contributed by atoms with van der Waals surface area (Å²) in [6.07, 6.45) is 0. The molecular formula is C16H19N3OS. The molecule has 1 heterocycles. The van der Waals surface area contributed by atoms with Crippen molar-refractivity contribution >= 4 is 17.7 Å². The van der Waals surface area contributed by atoms with E-state index in [-0.39, 0.29) is 5.91 Å². The van der Waals surface area contributed by atoms with Gasteiger partial charge < -0.3 is 5.32 Å². The van der Waals surface area contributed by atoms with Gasteiger partial charge in [-0.25, -0.2) is 9.97 Å².